The zero-order valence-corrected chi connectivity index (χ0v) is 16.6. The number of phenols is 1. The summed E-state index contributed by atoms with van der Waals surface area (Å²) in [6.07, 6.45) is 0. The Bertz CT molecular complexity index is 1010. The molecule has 1 aliphatic rings. The molecule has 0 aromatic heterocycles. The molecule has 0 saturated carbocycles. The van der Waals surface area contributed by atoms with Crippen molar-refractivity contribution in [3.05, 3.63) is 48.0 Å². The molecule has 1 fully saturated rings. The fourth-order valence-electron chi connectivity index (χ4n) is 2.65. The van der Waals surface area contributed by atoms with Crippen LogP contribution in [0, 0.1) is 11.6 Å². The van der Waals surface area contributed by atoms with Crippen molar-refractivity contribution in [2.45, 2.75) is 43.8 Å². The van der Waals surface area contributed by atoms with E-state index in [9.17, 15) is 22.3 Å². The maximum Gasteiger partial charge on any atom is 0.494 e. The zero-order chi connectivity index (χ0) is 20.9. The molecule has 28 heavy (non-hydrogen) atoms. The molecule has 0 atom stereocenters. The lowest BCUT2D eigenvalue weighted by Gasteiger charge is -2.32. The lowest BCUT2D eigenvalue weighted by atomic mass is 9.79. The SMILES string of the molecule is CC1(C)OB(c2ccc(O)c(NS(=O)(=O)c3ccc(F)cc3F)c2)OC1(C)C. The van der Waals surface area contributed by atoms with Gasteiger partial charge in [-0.3, -0.25) is 4.72 Å². The van der Waals surface area contributed by atoms with Crippen LogP contribution >= 0.6 is 0 Å². The van der Waals surface area contributed by atoms with E-state index in [1.165, 1.54) is 18.2 Å². The van der Waals surface area contributed by atoms with Crippen molar-refractivity contribution in [3.63, 3.8) is 0 Å². The molecule has 150 valence electrons. The van der Waals surface area contributed by atoms with E-state index in [2.05, 4.69) is 4.72 Å². The van der Waals surface area contributed by atoms with Crippen LogP contribution in [0.4, 0.5) is 14.5 Å². The number of hydrogen-bond donors (Lipinski definition) is 2. The summed E-state index contributed by atoms with van der Waals surface area (Å²) in [6, 6.07) is 6.26. The summed E-state index contributed by atoms with van der Waals surface area (Å²) in [5.74, 6) is -2.51. The molecule has 0 aliphatic carbocycles. The minimum Gasteiger partial charge on any atom is -0.506 e. The topological polar surface area (TPSA) is 84.9 Å². The van der Waals surface area contributed by atoms with Crippen molar-refractivity contribution < 1.29 is 31.6 Å². The number of rotatable bonds is 4. The van der Waals surface area contributed by atoms with Crippen molar-refractivity contribution in [1.29, 1.82) is 0 Å². The van der Waals surface area contributed by atoms with E-state index >= 15 is 0 Å². The number of hydrogen-bond acceptors (Lipinski definition) is 5. The molecular weight excluding hydrogens is 391 g/mol. The number of phenolic OH excluding ortho intramolecular Hbond substituents is 1. The quantitative estimate of drug-likeness (QED) is 0.597. The number of sulfonamides is 1. The Kier molecular flexibility index (Phi) is 4.93. The van der Waals surface area contributed by atoms with Crippen LogP contribution in [0.3, 0.4) is 0 Å². The van der Waals surface area contributed by atoms with Crippen molar-refractivity contribution in [3.8, 4) is 5.75 Å². The summed E-state index contributed by atoms with van der Waals surface area (Å²) in [5.41, 5.74) is -0.927. The Balaban J connectivity index is 1.93. The van der Waals surface area contributed by atoms with E-state index in [-0.39, 0.29) is 11.4 Å². The molecule has 1 aliphatic heterocycles. The van der Waals surface area contributed by atoms with Gasteiger partial charge in [-0.15, -0.1) is 0 Å². The standard InChI is InChI=1S/C18H20BF2NO5S/c1-17(2)18(3,4)27-19(26-17)11-5-7-15(23)14(9-11)22-28(24,25)16-8-6-12(20)10-13(16)21/h5-10,22-23H,1-4H3. The second-order valence-corrected chi connectivity index (χ2v) is 9.20. The van der Waals surface area contributed by atoms with Crippen LogP contribution in [-0.2, 0) is 19.3 Å². The highest BCUT2D eigenvalue weighted by atomic mass is 32.2. The van der Waals surface area contributed by atoms with Gasteiger partial charge in [0.25, 0.3) is 10.0 Å². The highest BCUT2D eigenvalue weighted by molar-refractivity contribution is 7.92. The normalized spacial score (nSPS) is 18.3. The molecular formula is C18H20BF2NO5S. The van der Waals surface area contributed by atoms with Crippen LogP contribution in [0.15, 0.2) is 41.3 Å². The second-order valence-electron chi connectivity index (χ2n) is 7.55. The first-order valence-electron chi connectivity index (χ1n) is 8.49. The number of nitrogens with one attached hydrogen (secondary N) is 1. The smallest absolute Gasteiger partial charge is 0.494 e. The fourth-order valence-corrected chi connectivity index (χ4v) is 3.78. The molecule has 2 aromatic rings. The van der Waals surface area contributed by atoms with E-state index in [0.29, 0.717) is 11.5 Å². The molecule has 1 saturated heterocycles. The minimum absolute atomic E-state index is 0.184. The Morgan fingerprint density at radius 2 is 1.61 bits per heavy atom. The third-order valence-corrected chi connectivity index (χ3v) is 6.37. The van der Waals surface area contributed by atoms with Crippen LogP contribution in [0.5, 0.6) is 5.75 Å². The van der Waals surface area contributed by atoms with Crippen LogP contribution in [0.25, 0.3) is 0 Å². The summed E-state index contributed by atoms with van der Waals surface area (Å²) in [5, 5.41) is 10.0. The largest absolute Gasteiger partial charge is 0.506 e. The summed E-state index contributed by atoms with van der Waals surface area (Å²) in [6.45, 7) is 7.48. The fraction of sp³-hybridized carbons (Fsp3) is 0.333. The molecule has 0 unspecified atom stereocenters. The van der Waals surface area contributed by atoms with Gasteiger partial charge >= 0.3 is 7.12 Å². The van der Waals surface area contributed by atoms with Crippen LogP contribution < -0.4 is 10.2 Å². The highest BCUT2D eigenvalue weighted by Gasteiger charge is 2.51. The van der Waals surface area contributed by atoms with Gasteiger partial charge in [-0.1, -0.05) is 6.07 Å². The monoisotopic (exact) mass is 411 g/mol. The Hall–Kier alpha value is -2.17. The number of anilines is 1. The van der Waals surface area contributed by atoms with Crippen molar-refractivity contribution in [2.75, 3.05) is 4.72 Å². The highest BCUT2D eigenvalue weighted by Crippen LogP contribution is 2.37. The van der Waals surface area contributed by atoms with E-state index in [1.807, 2.05) is 27.7 Å². The average Bonchev–Trinajstić information content (AvgIpc) is 2.77. The van der Waals surface area contributed by atoms with Crippen LogP contribution in [-0.4, -0.2) is 31.8 Å². The first kappa shape index (κ1) is 20.6. The molecule has 6 nitrogen and oxygen atoms in total. The Morgan fingerprint density at radius 1 is 1.00 bits per heavy atom. The van der Waals surface area contributed by atoms with Gasteiger partial charge in [0, 0.05) is 6.07 Å². The van der Waals surface area contributed by atoms with E-state index in [0.717, 1.165) is 12.1 Å². The lowest BCUT2D eigenvalue weighted by Crippen LogP contribution is -2.41. The molecule has 2 aromatic carbocycles. The summed E-state index contributed by atoms with van der Waals surface area (Å²) in [7, 11) is -5.18. The predicted octanol–water partition coefficient (Wildman–Crippen LogP) is 2.77. The third kappa shape index (κ3) is 3.72. The maximum atomic E-state index is 13.9. The Morgan fingerprint density at radius 3 is 2.18 bits per heavy atom. The van der Waals surface area contributed by atoms with Gasteiger partial charge in [0.1, 0.15) is 22.3 Å². The zero-order valence-electron chi connectivity index (χ0n) is 15.8. The van der Waals surface area contributed by atoms with Gasteiger partial charge in [-0.25, -0.2) is 17.2 Å². The molecule has 0 amide bonds. The summed E-state index contributed by atoms with van der Waals surface area (Å²) in [4.78, 5) is -0.741. The van der Waals surface area contributed by atoms with E-state index in [4.69, 9.17) is 9.31 Å². The van der Waals surface area contributed by atoms with Gasteiger partial charge in [-0.2, -0.15) is 0 Å². The van der Waals surface area contributed by atoms with Gasteiger partial charge in [-0.05, 0) is 57.4 Å². The minimum atomic E-state index is -4.40. The lowest BCUT2D eigenvalue weighted by molar-refractivity contribution is 0.00578. The van der Waals surface area contributed by atoms with Crippen LogP contribution in [0.1, 0.15) is 27.7 Å². The molecule has 3 rings (SSSR count). The maximum absolute atomic E-state index is 13.9. The van der Waals surface area contributed by atoms with Gasteiger partial charge < -0.3 is 14.4 Å². The Labute approximate surface area is 162 Å². The van der Waals surface area contributed by atoms with Gasteiger partial charge in [0.2, 0.25) is 0 Å². The summed E-state index contributed by atoms with van der Waals surface area (Å²) < 4.78 is 65.8. The van der Waals surface area contributed by atoms with Crippen molar-refractivity contribution >= 4 is 28.3 Å². The first-order chi connectivity index (χ1) is 12.8. The second kappa shape index (κ2) is 6.72. The molecule has 10 heteroatoms. The number of halogens is 2. The predicted molar refractivity (Wildman–Crippen MR) is 101 cm³/mol. The molecule has 0 bridgehead atoms. The van der Waals surface area contributed by atoms with Gasteiger partial charge in [0.05, 0.1) is 16.9 Å². The molecule has 0 spiro atoms. The van der Waals surface area contributed by atoms with E-state index in [1.54, 1.807) is 0 Å². The molecule has 2 N–H and O–H groups in total. The first-order valence-corrected chi connectivity index (χ1v) is 9.97. The average molecular weight is 411 g/mol. The summed E-state index contributed by atoms with van der Waals surface area (Å²) >= 11 is 0. The molecule has 1 heterocycles. The van der Waals surface area contributed by atoms with Crippen LogP contribution in [0.2, 0.25) is 0 Å². The van der Waals surface area contributed by atoms with Crippen molar-refractivity contribution in [1.82, 2.24) is 0 Å². The van der Waals surface area contributed by atoms with E-state index < -0.39 is 44.9 Å². The van der Waals surface area contributed by atoms with Crippen molar-refractivity contribution in [2.24, 2.45) is 0 Å². The van der Waals surface area contributed by atoms with Gasteiger partial charge in [0.15, 0.2) is 0 Å². The number of benzene rings is 2. The third-order valence-electron chi connectivity index (χ3n) is 4.97. The molecule has 0 radical (unpaired) electrons. The number of aromatic hydroxyl groups is 1.